The lowest BCUT2D eigenvalue weighted by Gasteiger charge is -2.27. The number of fused-ring (bicyclic) bond motifs is 1. The van der Waals surface area contributed by atoms with Gasteiger partial charge in [-0.1, -0.05) is 0 Å². The number of anilines is 1. The highest BCUT2D eigenvalue weighted by molar-refractivity contribution is 5.89. The summed E-state index contributed by atoms with van der Waals surface area (Å²) < 4.78 is 19.0. The molecular formula is C19H20FN5O. The van der Waals surface area contributed by atoms with E-state index in [2.05, 4.69) is 19.9 Å². The van der Waals surface area contributed by atoms with Gasteiger partial charge in [-0.25, -0.2) is 19.3 Å². The Hall–Kier alpha value is -2.67. The summed E-state index contributed by atoms with van der Waals surface area (Å²) in [6.45, 7) is 8.45. The zero-order valence-electron chi connectivity index (χ0n) is 15.1. The highest BCUT2D eigenvalue weighted by atomic mass is 19.1. The SMILES string of the molecule is Cc1cc(F)ccc1-c1nc(N2CCOCC2)nc2nc(C)c(C)nc12. The molecule has 0 spiro atoms. The van der Waals surface area contributed by atoms with Crippen LogP contribution in [0.2, 0.25) is 0 Å². The first-order valence-electron chi connectivity index (χ1n) is 8.65. The van der Waals surface area contributed by atoms with Gasteiger partial charge in [0, 0.05) is 18.7 Å². The molecule has 0 atom stereocenters. The van der Waals surface area contributed by atoms with Gasteiger partial charge >= 0.3 is 0 Å². The molecular weight excluding hydrogens is 333 g/mol. The van der Waals surface area contributed by atoms with Gasteiger partial charge in [-0.15, -0.1) is 0 Å². The number of benzene rings is 1. The predicted molar refractivity (Wildman–Crippen MR) is 97.8 cm³/mol. The van der Waals surface area contributed by atoms with Crippen LogP contribution in [0.25, 0.3) is 22.4 Å². The summed E-state index contributed by atoms with van der Waals surface area (Å²) in [5.41, 5.74) is 5.20. The number of halogens is 1. The maximum absolute atomic E-state index is 13.6. The number of rotatable bonds is 2. The van der Waals surface area contributed by atoms with Crippen LogP contribution in [-0.4, -0.2) is 46.2 Å². The van der Waals surface area contributed by atoms with E-state index in [1.807, 2.05) is 20.8 Å². The number of aryl methyl sites for hydroxylation is 3. The molecule has 0 N–H and O–H groups in total. The number of ether oxygens (including phenoxy) is 1. The molecule has 0 unspecified atom stereocenters. The molecule has 6 nitrogen and oxygen atoms in total. The normalized spacial score (nSPS) is 14.8. The minimum atomic E-state index is -0.267. The van der Waals surface area contributed by atoms with Gasteiger partial charge in [0.05, 0.1) is 24.6 Å². The van der Waals surface area contributed by atoms with Gasteiger partial charge < -0.3 is 9.64 Å². The fourth-order valence-electron chi connectivity index (χ4n) is 3.09. The van der Waals surface area contributed by atoms with Gasteiger partial charge in [0.25, 0.3) is 0 Å². The van der Waals surface area contributed by atoms with Crippen molar-refractivity contribution in [3.05, 3.63) is 41.0 Å². The highest BCUT2D eigenvalue weighted by Crippen LogP contribution is 2.30. The van der Waals surface area contributed by atoms with Crippen molar-refractivity contribution >= 4 is 17.1 Å². The maximum Gasteiger partial charge on any atom is 0.228 e. The molecule has 0 saturated carbocycles. The van der Waals surface area contributed by atoms with Crippen LogP contribution in [0.5, 0.6) is 0 Å². The van der Waals surface area contributed by atoms with Crippen molar-refractivity contribution in [1.82, 2.24) is 19.9 Å². The molecule has 0 amide bonds. The van der Waals surface area contributed by atoms with E-state index in [4.69, 9.17) is 9.72 Å². The molecule has 3 aromatic rings. The van der Waals surface area contributed by atoms with Crippen LogP contribution in [0.4, 0.5) is 10.3 Å². The standard InChI is InChI=1S/C19H20FN5O/c1-11-10-14(20)4-5-15(11)16-17-18(22-13(3)12(2)21-17)24-19(23-16)25-6-8-26-9-7-25/h4-5,10H,6-9H2,1-3H3. The van der Waals surface area contributed by atoms with Crippen molar-refractivity contribution in [3.63, 3.8) is 0 Å². The third-order valence-corrected chi connectivity index (χ3v) is 4.67. The van der Waals surface area contributed by atoms with Gasteiger partial charge in [0.1, 0.15) is 17.0 Å². The largest absolute Gasteiger partial charge is 0.378 e. The molecule has 1 aromatic carbocycles. The quantitative estimate of drug-likeness (QED) is 0.706. The third kappa shape index (κ3) is 2.99. The summed E-state index contributed by atoms with van der Waals surface area (Å²) in [6.07, 6.45) is 0. The second-order valence-electron chi connectivity index (χ2n) is 6.50. The molecule has 134 valence electrons. The Kier molecular flexibility index (Phi) is 4.24. The molecule has 1 fully saturated rings. The van der Waals surface area contributed by atoms with Gasteiger partial charge in [-0.2, -0.15) is 4.98 Å². The Balaban J connectivity index is 1.97. The number of morpholine rings is 1. The molecule has 1 saturated heterocycles. The molecule has 3 heterocycles. The number of nitrogens with zero attached hydrogens (tertiary/aromatic N) is 5. The second kappa shape index (κ2) is 6.57. The first-order chi connectivity index (χ1) is 12.5. The van der Waals surface area contributed by atoms with Crippen LogP contribution >= 0.6 is 0 Å². The highest BCUT2D eigenvalue weighted by Gasteiger charge is 2.20. The van der Waals surface area contributed by atoms with Crippen LogP contribution in [0.15, 0.2) is 18.2 Å². The van der Waals surface area contributed by atoms with Crippen LogP contribution in [-0.2, 0) is 4.74 Å². The Morgan fingerprint density at radius 3 is 2.42 bits per heavy atom. The lowest BCUT2D eigenvalue weighted by atomic mass is 10.0. The minimum absolute atomic E-state index is 0.267. The molecule has 0 bridgehead atoms. The molecule has 2 aromatic heterocycles. The third-order valence-electron chi connectivity index (χ3n) is 4.67. The number of hydrogen-bond donors (Lipinski definition) is 0. The molecule has 7 heteroatoms. The Morgan fingerprint density at radius 2 is 1.69 bits per heavy atom. The van der Waals surface area contributed by atoms with Crippen molar-refractivity contribution in [2.45, 2.75) is 20.8 Å². The van der Waals surface area contributed by atoms with Crippen LogP contribution < -0.4 is 4.90 Å². The fourth-order valence-corrected chi connectivity index (χ4v) is 3.09. The molecule has 4 rings (SSSR count). The lowest BCUT2D eigenvalue weighted by molar-refractivity contribution is 0.122. The van der Waals surface area contributed by atoms with Gasteiger partial charge in [-0.3, -0.25) is 0 Å². The first kappa shape index (κ1) is 16.8. The minimum Gasteiger partial charge on any atom is -0.378 e. The van der Waals surface area contributed by atoms with E-state index in [0.29, 0.717) is 36.0 Å². The predicted octanol–water partition coefficient (Wildman–Crippen LogP) is 2.99. The number of hydrogen-bond acceptors (Lipinski definition) is 6. The molecule has 1 aliphatic rings. The summed E-state index contributed by atoms with van der Waals surface area (Å²) in [4.78, 5) is 20.8. The molecule has 0 aliphatic carbocycles. The van der Waals surface area contributed by atoms with E-state index in [-0.39, 0.29) is 5.82 Å². The summed E-state index contributed by atoms with van der Waals surface area (Å²) in [7, 11) is 0. The summed E-state index contributed by atoms with van der Waals surface area (Å²) in [5.74, 6) is 0.341. The zero-order valence-corrected chi connectivity index (χ0v) is 15.1. The average Bonchev–Trinajstić information content (AvgIpc) is 2.63. The smallest absolute Gasteiger partial charge is 0.228 e. The summed E-state index contributed by atoms with van der Waals surface area (Å²) >= 11 is 0. The maximum atomic E-state index is 13.6. The van der Waals surface area contributed by atoms with E-state index in [0.717, 1.165) is 35.6 Å². The Labute approximate surface area is 151 Å². The van der Waals surface area contributed by atoms with E-state index < -0.39 is 0 Å². The molecule has 26 heavy (non-hydrogen) atoms. The Bertz CT molecular complexity index is 985. The number of aromatic nitrogens is 4. The topological polar surface area (TPSA) is 64.0 Å². The monoisotopic (exact) mass is 353 g/mol. The van der Waals surface area contributed by atoms with E-state index >= 15 is 0 Å². The van der Waals surface area contributed by atoms with Crippen molar-refractivity contribution in [2.24, 2.45) is 0 Å². The fraction of sp³-hybridized carbons (Fsp3) is 0.368. The van der Waals surface area contributed by atoms with E-state index in [1.54, 1.807) is 6.07 Å². The van der Waals surface area contributed by atoms with Crippen molar-refractivity contribution < 1.29 is 9.13 Å². The van der Waals surface area contributed by atoms with Crippen LogP contribution in [0, 0.1) is 26.6 Å². The van der Waals surface area contributed by atoms with Crippen molar-refractivity contribution in [3.8, 4) is 11.3 Å². The average molecular weight is 353 g/mol. The van der Waals surface area contributed by atoms with E-state index in [9.17, 15) is 4.39 Å². The van der Waals surface area contributed by atoms with Crippen molar-refractivity contribution in [2.75, 3.05) is 31.2 Å². The van der Waals surface area contributed by atoms with Gasteiger partial charge in [0.15, 0.2) is 5.65 Å². The van der Waals surface area contributed by atoms with Crippen molar-refractivity contribution in [1.29, 1.82) is 0 Å². The van der Waals surface area contributed by atoms with Crippen LogP contribution in [0.3, 0.4) is 0 Å². The summed E-state index contributed by atoms with van der Waals surface area (Å²) in [6, 6.07) is 4.69. The molecule has 0 radical (unpaired) electrons. The van der Waals surface area contributed by atoms with Gasteiger partial charge in [0.2, 0.25) is 5.95 Å². The van der Waals surface area contributed by atoms with Gasteiger partial charge in [-0.05, 0) is 44.5 Å². The second-order valence-corrected chi connectivity index (χ2v) is 6.50. The lowest BCUT2D eigenvalue weighted by Crippen LogP contribution is -2.37. The van der Waals surface area contributed by atoms with E-state index in [1.165, 1.54) is 12.1 Å². The molecule has 1 aliphatic heterocycles. The zero-order chi connectivity index (χ0) is 18.3. The first-order valence-corrected chi connectivity index (χ1v) is 8.65. The Morgan fingerprint density at radius 1 is 0.962 bits per heavy atom. The summed E-state index contributed by atoms with van der Waals surface area (Å²) in [5, 5.41) is 0. The van der Waals surface area contributed by atoms with Crippen LogP contribution in [0.1, 0.15) is 17.0 Å².